The van der Waals surface area contributed by atoms with Gasteiger partial charge in [-0.1, -0.05) is 0 Å². The number of ether oxygens (including phenoxy) is 1. The molecule has 0 aliphatic carbocycles. The molecule has 1 atom stereocenters. The standard InChI is InChI=1S/C15H20N4O/c1-4-13(8-16-5-1)15-14(10-18-19-15)9-17-7-12-3-2-6-20-11-12/h1,4-5,8,10,12,17H,2-3,6-7,9,11H2,(H,18,19)/t12-/m0/s1. The van der Waals surface area contributed by atoms with Gasteiger partial charge in [0.15, 0.2) is 0 Å². The smallest absolute Gasteiger partial charge is 0.0710 e. The third-order valence-corrected chi connectivity index (χ3v) is 3.67. The van der Waals surface area contributed by atoms with Crippen LogP contribution in [-0.2, 0) is 11.3 Å². The van der Waals surface area contributed by atoms with Crippen LogP contribution in [0.25, 0.3) is 11.3 Å². The summed E-state index contributed by atoms with van der Waals surface area (Å²) in [5.41, 5.74) is 3.29. The normalized spacial score (nSPS) is 19.1. The fraction of sp³-hybridized carbons (Fsp3) is 0.467. The van der Waals surface area contributed by atoms with Crippen LogP contribution in [0.1, 0.15) is 18.4 Å². The molecule has 2 N–H and O–H groups in total. The quantitative estimate of drug-likeness (QED) is 0.873. The second-order valence-electron chi connectivity index (χ2n) is 5.23. The lowest BCUT2D eigenvalue weighted by atomic mass is 10.0. The van der Waals surface area contributed by atoms with Gasteiger partial charge in [-0.3, -0.25) is 10.1 Å². The first-order chi connectivity index (χ1) is 9.93. The molecule has 1 aliphatic heterocycles. The molecule has 2 aromatic heterocycles. The second kappa shape index (κ2) is 6.63. The Kier molecular flexibility index (Phi) is 4.40. The molecule has 3 heterocycles. The van der Waals surface area contributed by atoms with Crippen molar-refractivity contribution in [2.75, 3.05) is 19.8 Å². The predicted octanol–water partition coefficient (Wildman–Crippen LogP) is 1.99. The molecule has 0 spiro atoms. The number of hydrogen-bond donors (Lipinski definition) is 2. The number of rotatable bonds is 5. The first-order valence-corrected chi connectivity index (χ1v) is 7.14. The molecule has 0 amide bonds. The maximum Gasteiger partial charge on any atom is 0.0710 e. The van der Waals surface area contributed by atoms with Gasteiger partial charge in [0.05, 0.1) is 18.5 Å². The van der Waals surface area contributed by atoms with E-state index in [-0.39, 0.29) is 0 Å². The highest BCUT2D eigenvalue weighted by Gasteiger charge is 2.14. The topological polar surface area (TPSA) is 62.8 Å². The number of pyridine rings is 1. The predicted molar refractivity (Wildman–Crippen MR) is 77.1 cm³/mol. The van der Waals surface area contributed by atoms with Gasteiger partial charge in [0, 0.05) is 43.2 Å². The van der Waals surface area contributed by atoms with Gasteiger partial charge < -0.3 is 10.1 Å². The van der Waals surface area contributed by atoms with Crippen LogP contribution in [0.3, 0.4) is 0 Å². The van der Waals surface area contributed by atoms with E-state index in [9.17, 15) is 0 Å². The maximum atomic E-state index is 5.50. The Bertz CT molecular complexity index is 520. The molecular formula is C15H20N4O. The van der Waals surface area contributed by atoms with Gasteiger partial charge in [0.2, 0.25) is 0 Å². The molecule has 0 unspecified atom stereocenters. The Morgan fingerprint density at radius 1 is 1.40 bits per heavy atom. The molecule has 1 fully saturated rings. The van der Waals surface area contributed by atoms with Crippen LogP contribution >= 0.6 is 0 Å². The lowest BCUT2D eigenvalue weighted by molar-refractivity contribution is 0.0547. The van der Waals surface area contributed by atoms with E-state index < -0.39 is 0 Å². The molecule has 1 saturated heterocycles. The monoisotopic (exact) mass is 272 g/mol. The van der Waals surface area contributed by atoms with Crippen molar-refractivity contribution in [1.82, 2.24) is 20.5 Å². The molecule has 0 radical (unpaired) electrons. The molecule has 2 aromatic rings. The second-order valence-corrected chi connectivity index (χ2v) is 5.23. The van der Waals surface area contributed by atoms with Crippen molar-refractivity contribution in [2.24, 2.45) is 5.92 Å². The minimum Gasteiger partial charge on any atom is -0.381 e. The highest BCUT2D eigenvalue weighted by atomic mass is 16.5. The van der Waals surface area contributed by atoms with E-state index in [0.29, 0.717) is 5.92 Å². The van der Waals surface area contributed by atoms with Crippen molar-refractivity contribution >= 4 is 0 Å². The van der Waals surface area contributed by atoms with Gasteiger partial charge in [-0.15, -0.1) is 0 Å². The number of aromatic amines is 1. The van der Waals surface area contributed by atoms with Gasteiger partial charge in [-0.05, 0) is 30.9 Å². The number of nitrogens with one attached hydrogen (secondary N) is 2. The Hall–Kier alpha value is -1.72. The van der Waals surface area contributed by atoms with Gasteiger partial charge in [-0.25, -0.2) is 0 Å². The molecule has 3 rings (SSSR count). The number of nitrogens with zero attached hydrogens (tertiary/aromatic N) is 2. The molecule has 5 heteroatoms. The third kappa shape index (κ3) is 3.23. The highest BCUT2D eigenvalue weighted by molar-refractivity contribution is 5.61. The third-order valence-electron chi connectivity index (χ3n) is 3.67. The lowest BCUT2D eigenvalue weighted by Crippen LogP contribution is -2.28. The molecular weight excluding hydrogens is 252 g/mol. The van der Waals surface area contributed by atoms with Crippen molar-refractivity contribution in [2.45, 2.75) is 19.4 Å². The minimum absolute atomic E-state index is 0.637. The zero-order valence-corrected chi connectivity index (χ0v) is 11.5. The molecule has 106 valence electrons. The summed E-state index contributed by atoms with van der Waals surface area (Å²) in [4.78, 5) is 4.15. The number of aromatic nitrogens is 3. The van der Waals surface area contributed by atoms with Crippen molar-refractivity contribution in [1.29, 1.82) is 0 Å². The summed E-state index contributed by atoms with van der Waals surface area (Å²) in [6, 6.07) is 3.98. The highest BCUT2D eigenvalue weighted by Crippen LogP contribution is 2.19. The van der Waals surface area contributed by atoms with E-state index in [1.807, 2.05) is 24.5 Å². The van der Waals surface area contributed by atoms with Crippen LogP contribution in [0.15, 0.2) is 30.7 Å². The van der Waals surface area contributed by atoms with Gasteiger partial charge >= 0.3 is 0 Å². The average Bonchev–Trinajstić information content (AvgIpc) is 2.98. The first-order valence-electron chi connectivity index (χ1n) is 7.14. The summed E-state index contributed by atoms with van der Waals surface area (Å²) in [6.45, 7) is 3.62. The summed E-state index contributed by atoms with van der Waals surface area (Å²) >= 11 is 0. The molecule has 1 aliphatic rings. The fourth-order valence-corrected chi connectivity index (χ4v) is 2.59. The van der Waals surface area contributed by atoms with Crippen molar-refractivity contribution in [3.8, 4) is 11.3 Å². The van der Waals surface area contributed by atoms with E-state index in [1.54, 1.807) is 6.20 Å². The fourth-order valence-electron chi connectivity index (χ4n) is 2.59. The summed E-state index contributed by atoms with van der Waals surface area (Å²) in [5.74, 6) is 0.637. The van der Waals surface area contributed by atoms with E-state index in [0.717, 1.165) is 37.6 Å². The van der Waals surface area contributed by atoms with Crippen LogP contribution in [0, 0.1) is 5.92 Å². The van der Waals surface area contributed by atoms with Gasteiger partial charge in [0.25, 0.3) is 0 Å². The average molecular weight is 272 g/mol. The Morgan fingerprint density at radius 3 is 3.20 bits per heavy atom. The van der Waals surface area contributed by atoms with Crippen molar-refractivity contribution in [3.63, 3.8) is 0 Å². The molecule has 0 aromatic carbocycles. The molecule has 0 bridgehead atoms. The van der Waals surface area contributed by atoms with Gasteiger partial charge in [-0.2, -0.15) is 5.10 Å². The summed E-state index contributed by atoms with van der Waals surface area (Å²) in [7, 11) is 0. The Labute approximate surface area is 118 Å². The Morgan fingerprint density at radius 2 is 2.40 bits per heavy atom. The van der Waals surface area contributed by atoms with Crippen LogP contribution in [-0.4, -0.2) is 34.9 Å². The lowest BCUT2D eigenvalue weighted by Gasteiger charge is -2.22. The van der Waals surface area contributed by atoms with E-state index >= 15 is 0 Å². The summed E-state index contributed by atoms with van der Waals surface area (Å²) in [6.07, 6.45) is 7.95. The first kappa shape index (κ1) is 13.3. The number of hydrogen-bond acceptors (Lipinski definition) is 4. The van der Waals surface area contributed by atoms with Crippen LogP contribution in [0.5, 0.6) is 0 Å². The number of H-pyrrole nitrogens is 1. The van der Waals surface area contributed by atoms with Crippen molar-refractivity contribution in [3.05, 3.63) is 36.3 Å². The van der Waals surface area contributed by atoms with E-state index in [4.69, 9.17) is 4.74 Å². The zero-order valence-electron chi connectivity index (χ0n) is 11.5. The Balaban J connectivity index is 1.57. The van der Waals surface area contributed by atoms with Crippen LogP contribution in [0.2, 0.25) is 0 Å². The van der Waals surface area contributed by atoms with Crippen LogP contribution in [0.4, 0.5) is 0 Å². The molecule has 0 saturated carbocycles. The SMILES string of the molecule is c1cncc(-c2[nH]ncc2CNC[C@@H]2CCCOC2)c1. The largest absolute Gasteiger partial charge is 0.381 e. The maximum absolute atomic E-state index is 5.50. The van der Waals surface area contributed by atoms with Crippen LogP contribution < -0.4 is 5.32 Å². The summed E-state index contributed by atoms with van der Waals surface area (Å²) < 4.78 is 5.50. The van der Waals surface area contributed by atoms with Gasteiger partial charge in [0.1, 0.15) is 0 Å². The summed E-state index contributed by atoms with van der Waals surface area (Å²) in [5, 5.41) is 10.7. The van der Waals surface area contributed by atoms with Crippen molar-refractivity contribution < 1.29 is 4.74 Å². The zero-order chi connectivity index (χ0) is 13.6. The molecule has 5 nitrogen and oxygen atoms in total. The molecule has 20 heavy (non-hydrogen) atoms. The van der Waals surface area contributed by atoms with E-state index in [2.05, 4.69) is 20.5 Å². The minimum atomic E-state index is 0.637. The van der Waals surface area contributed by atoms with E-state index in [1.165, 1.54) is 18.4 Å².